The van der Waals surface area contributed by atoms with Gasteiger partial charge in [0.15, 0.2) is 0 Å². The molecule has 0 fully saturated rings. The van der Waals surface area contributed by atoms with Crippen molar-refractivity contribution in [3.05, 3.63) is 40.5 Å². The molecular weight excluding hydrogens is 297 g/mol. The third-order valence-corrected chi connectivity index (χ3v) is 3.37. The molecule has 0 unspecified atom stereocenters. The molecule has 5 heteroatoms. The van der Waals surface area contributed by atoms with Gasteiger partial charge in [0.1, 0.15) is 11.6 Å². The summed E-state index contributed by atoms with van der Waals surface area (Å²) in [6, 6.07) is 4.62. The number of aromatic amines is 1. The number of nitrogens with two attached hydrogens (primary N) is 1. The van der Waals surface area contributed by atoms with Gasteiger partial charge in [0.05, 0.1) is 11.9 Å². The van der Waals surface area contributed by atoms with E-state index in [0.29, 0.717) is 6.54 Å². The lowest BCUT2D eigenvalue weighted by Crippen LogP contribution is -1.99. The zero-order chi connectivity index (χ0) is 13.0. The summed E-state index contributed by atoms with van der Waals surface area (Å²) in [5.41, 5.74) is 7.25. The Morgan fingerprint density at radius 1 is 1.33 bits per heavy atom. The largest absolute Gasteiger partial charge is 0.342 e. The lowest BCUT2D eigenvalue weighted by atomic mass is 10.2. The first-order valence-electron chi connectivity index (χ1n) is 5.90. The third kappa shape index (κ3) is 3.17. The fraction of sp³-hybridized carbons (Fsp3) is 0.308. The second-order valence-corrected chi connectivity index (χ2v) is 4.97. The van der Waals surface area contributed by atoms with Crippen molar-refractivity contribution in [1.29, 1.82) is 0 Å². The number of nitrogens with one attached hydrogen (secondary N) is 1. The summed E-state index contributed by atoms with van der Waals surface area (Å²) in [4.78, 5) is 7.56. The number of hydrogen-bond donors (Lipinski definition) is 2. The molecule has 2 aromatic rings. The molecule has 0 aliphatic rings. The molecule has 0 radical (unpaired) electrons. The Labute approximate surface area is 114 Å². The maximum absolute atomic E-state index is 13.0. The van der Waals surface area contributed by atoms with E-state index in [1.807, 2.05) is 0 Å². The van der Waals surface area contributed by atoms with Crippen molar-refractivity contribution < 1.29 is 4.39 Å². The number of imidazole rings is 1. The van der Waals surface area contributed by atoms with Gasteiger partial charge in [-0.3, -0.25) is 0 Å². The Morgan fingerprint density at radius 3 is 2.89 bits per heavy atom. The summed E-state index contributed by atoms with van der Waals surface area (Å²) in [6.45, 7) is 0.705. The van der Waals surface area contributed by atoms with Gasteiger partial charge in [-0.05, 0) is 53.5 Å². The smallest absolute Gasteiger partial charge is 0.124 e. The minimum absolute atomic E-state index is 0.256. The highest BCUT2D eigenvalue weighted by molar-refractivity contribution is 9.10. The van der Waals surface area contributed by atoms with Crippen LogP contribution in [0.15, 0.2) is 28.9 Å². The van der Waals surface area contributed by atoms with Crippen LogP contribution in [0.1, 0.15) is 18.7 Å². The quantitative estimate of drug-likeness (QED) is 0.833. The van der Waals surface area contributed by atoms with Crippen LogP contribution in [0.25, 0.3) is 11.3 Å². The van der Waals surface area contributed by atoms with Crippen LogP contribution in [-0.4, -0.2) is 16.5 Å². The first-order chi connectivity index (χ1) is 8.70. The van der Waals surface area contributed by atoms with Gasteiger partial charge in [-0.1, -0.05) is 0 Å². The highest BCUT2D eigenvalue weighted by atomic mass is 79.9. The third-order valence-electron chi connectivity index (χ3n) is 2.72. The number of unbranched alkanes of at least 4 members (excludes halogenated alkanes) is 1. The van der Waals surface area contributed by atoms with E-state index in [1.165, 1.54) is 12.1 Å². The lowest BCUT2D eigenvalue weighted by molar-refractivity contribution is 0.627. The van der Waals surface area contributed by atoms with Crippen LogP contribution in [0.5, 0.6) is 0 Å². The Bertz CT molecular complexity index is 525. The van der Waals surface area contributed by atoms with Gasteiger partial charge in [0.25, 0.3) is 0 Å². The molecule has 0 atom stereocenters. The average molecular weight is 312 g/mol. The highest BCUT2D eigenvalue weighted by Crippen LogP contribution is 2.27. The molecule has 1 aromatic carbocycles. The van der Waals surface area contributed by atoms with Gasteiger partial charge in [0, 0.05) is 16.5 Å². The molecule has 0 aliphatic heterocycles. The number of rotatable bonds is 5. The van der Waals surface area contributed by atoms with Crippen LogP contribution in [0.2, 0.25) is 0 Å². The number of benzene rings is 1. The highest BCUT2D eigenvalue weighted by Gasteiger charge is 2.07. The maximum Gasteiger partial charge on any atom is 0.124 e. The van der Waals surface area contributed by atoms with Gasteiger partial charge >= 0.3 is 0 Å². The van der Waals surface area contributed by atoms with Crippen LogP contribution >= 0.6 is 15.9 Å². The number of halogens is 2. The van der Waals surface area contributed by atoms with Crippen molar-refractivity contribution in [1.82, 2.24) is 9.97 Å². The van der Waals surface area contributed by atoms with E-state index >= 15 is 0 Å². The Kier molecular flexibility index (Phi) is 4.49. The molecule has 0 amide bonds. The Morgan fingerprint density at radius 2 is 2.17 bits per heavy atom. The minimum Gasteiger partial charge on any atom is -0.342 e. The molecule has 0 aliphatic carbocycles. The minimum atomic E-state index is -0.256. The van der Waals surface area contributed by atoms with E-state index in [9.17, 15) is 4.39 Å². The second kappa shape index (κ2) is 6.11. The zero-order valence-corrected chi connectivity index (χ0v) is 11.5. The predicted molar refractivity (Wildman–Crippen MR) is 73.7 cm³/mol. The molecule has 1 heterocycles. The zero-order valence-electron chi connectivity index (χ0n) is 9.92. The molecule has 2 rings (SSSR count). The monoisotopic (exact) mass is 311 g/mol. The normalized spacial score (nSPS) is 10.8. The summed E-state index contributed by atoms with van der Waals surface area (Å²) < 4.78 is 13.7. The fourth-order valence-electron chi connectivity index (χ4n) is 1.77. The van der Waals surface area contributed by atoms with Crippen molar-refractivity contribution in [2.24, 2.45) is 5.73 Å². The van der Waals surface area contributed by atoms with Crippen LogP contribution in [0.4, 0.5) is 4.39 Å². The molecule has 3 N–H and O–H groups in total. The topological polar surface area (TPSA) is 54.7 Å². The standard InChI is InChI=1S/C13H15BrFN3/c14-11-7-9(15)4-5-10(11)12-8-17-13(18-12)3-1-2-6-16/h4-5,7-8H,1-3,6,16H2,(H,17,18). The van der Waals surface area contributed by atoms with Gasteiger partial charge in [-0.2, -0.15) is 0 Å². The van der Waals surface area contributed by atoms with Crippen molar-refractivity contribution in [2.75, 3.05) is 6.54 Å². The first kappa shape index (κ1) is 13.2. The Hall–Kier alpha value is -1.20. The van der Waals surface area contributed by atoms with E-state index in [1.54, 1.807) is 12.3 Å². The summed E-state index contributed by atoms with van der Waals surface area (Å²) in [7, 11) is 0. The molecule has 0 saturated carbocycles. The van der Waals surface area contributed by atoms with Crippen molar-refractivity contribution in [2.45, 2.75) is 19.3 Å². The lowest BCUT2D eigenvalue weighted by Gasteiger charge is -2.01. The molecule has 0 bridgehead atoms. The van der Waals surface area contributed by atoms with E-state index in [-0.39, 0.29) is 5.82 Å². The summed E-state index contributed by atoms with van der Waals surface area (Å²) in [6.07, 6.45) is 4.68. The van der Waals surface area contributed by atoms with Gasteiger partial charge < -0.3 is 10.7 Å². The number of H-pyrrole nitrogens is 1. The van der Waals surface area contributed by atoms with E-state index in [2.05, 4.69) is 25.9 Å². The summed E-state index contributed by atoms with van der Waals surface area (Å²) >= 11 is 3.35. The van der Waals surface area contributed by atoms with Crippen LogP contribution in [-0.2, 0) is 6.42 Å². The van der Waals surface area contributed by atoms with Crippen molar-refractivity contribution >= 4 is 15.9 Å². The van der Waals surface area contributed by atoms with E-state index in [4.69, 9.17) is 5.73 Å². The molecule has 0 saturated heterocycles. The van der Waals surface area contributed by atoms with Crippen LogP contribution in [0, 0.1) is 5.82 Å². The number of hydrogen-bond acceptors (Lipinski definition) is 2. The fourth-order valence-corrected chi connectivity index (χ4v) is 2.34. The average Bonchev–Trinajstić information content (AvgIpc) is 2.78. The molecule has 1 aromatic heterocycles. The number of aryl methyl sites for hydroxylation is 1. The SMILES string of the molecule is NCCCCc1ncc(-c2ccc(F)cc2Br)[nH]1. The molecular formula is C13H15BrFN3. The second-order valence-electron chi connectivity index (χ2n) is 4.11. The van der Waals surface area contributed by atoms with Gasteiger partial charge in [0.2, 0.25) is 0 Å². The number of nitrogens with zero attached hydrogens (tertiary/aromatic N) is 1. The molecule has 0 spiro atoms. The maximum atomic E-state index is 13.0. The molecule has 3 nitrogen and oxygen atoms in total. The molecule has 96 valence electrons. The van der Waals surface area contributed by atoms with E-state index in [0.717, 1.165) is 40.8 Å². The van der Waals surface area contributed by atoms with E-state index < -0.39 is 0 Å². The van der Waals surface area contributed by atoms with Crippen LogP contribution < -0.4 is 5.73 Å². The summed E-state index contributed by atoms with van der Waals surface area (Å²) in [5, 5.41) is 0. The van der Waals surface area contributed by atoms with Gasteiger partial charge in [-0.15, -0.1) is 0 Å². The first-order valence-corrected chi connectivity index (χ1v) is 6.69. The predicted octanol–water partition coefficient (Wildman–Crippen LogP) is 3.26. The van der Waals surface area contributed by atoms with Crippen LogP contribution in [0.3, 0.4) is 0 Å². The Balaban J connectivity index is 2.13. The van der Waals surface area contributed by atoms with Crippen molar-refractivity contribution in [3.63, 3.8) is 0 Å². The number of aromatic nitrogens is 2. The molecule has 18 heavy (non-hydrogen) atoms. The van der Waals surface area contributed by atoms with Gasteiger partial charge in [-0.25, -0.2) is 9.37 Å². The van der Waals surface area contributed by atoms with Crippen molar-refractivity contribution in [3.8, 4) is 11.3 Å². The summed E-state index contributed by atoms with van der Waals surface area (Å²) in [5.74, 6) is 0.683.